The highest BCUT2D eigenvalue weighted by atomic mass is 16.5. The van der Waals surface area contributed by atoms with Crippen LogP contribution in [-0.4, -0.2) is 64.8 Å². The van der Waals surface area contributed by atoms with Gasteiger partial charge >= 0.3 is 0 Å². The fraction of sp³-hybridized carbons (Fsp3) is 0.529. The van der Waals surface area contributed by atoms with Gasteiger partial charge in [0.25, 0.3) is 11.8 Å². The molecule has 0 saturated carbocycles. The second-order valence-corrected chi connectivity index (χ2v) is 6.29. The zero-order valence-corrected chi connectivity index (χ0v) is 14.4. The second-order valence-electron chi connectivity index (χ2n) is 6.29. The molecule has 1 aromatic heterocycles. The number of amides is 2. The van der Waals surface area contributed by atoms with Gasteiger partial charge in [-0.15, -0.1) is 0 Å². The highest BCUT2D eigenvalue weighted by molar-refractivity contribution is 6.24. The minimum absolute atomic E-state index is 0.264. The van der Waals surface area contributed by atoms with E-state index in [2.05, 4.69) is 20.0 Å². The third kappa shape index (κ3) is 3.89. The average Bonchev–Trinajstić information content (AvgIpc) is 2.63. The lowest BCUT2D eigenvalue weighted by Gasteiger charge is -2.33. The summed E-state index contributed by atoms with van der Waals surface area (Å²) < 4.78 is 5.83. The normalized spacial score (nSPS) is 20.8. The summed E-state index contributed by atoms with van der Waals surface area (Å²) in [6.45, 7) is 5.61. The standard InChI is InChI=1S/C17H21N5O3/c1-11-12(2)20-10-21-16(11)25-9-13-3-7-22(8-4-13)17(24)14-15(23)19-6-5-18-14/h5-6,10,13-14H,3-4,7-9H2,1-2H3. The van der Waals surface area contributed by atoms with E-state index >= 15 is 0 Å². The van der Waals surface area contributed by atoms with Crippen LogP contribution < -0.4 is 4.74 Å². The second kappa shape index (κ2) is 7.50. The predicted octanol–water partition coefficient (Wildman–Crippen LogP) is 0.761. The van der Waals surface area contributed by atoms with Gasteiger partial charge in [-0.2, -0.15) is 0 Å². The molecule has 2 amide bonds. The summed E-state index contributed by atoms with van der Waals surface area (Å²) in [6.07, 6.45) is 5.86. The van der Waals surface area contributed by atoms with Crippen LogP contribution in [0.1, 0.15) is 24.1 Å². The monoisotopic (exact) mass is 343 g/mol. The highest BCUT2D eigenvalue weighted by Gasteiger charge is 2.33. The molecule has 0 spiro atoms. The summed E-state index contributed by atoms with van der Waals surface area (Å²) in [5.41, 5.74) is 1.86. The molecule has 8 nitrogen and oxygen atoms in total. The van der Waals surface area contributed by atoms with Gasteiger partial charge in [0.1, 0.15) is 6.33 Å². The number of likely N-dealkylation sites (tertiary alicyclic amines) is 1. The smallest absolute Gasteiger partial charge is 0.280 e. The van der Waals surface area contributed by atoms with Crippen molar-refractivity contribution in [1.29, 1.82) is 0 Å². The summed E-state index contributed by atoms with van der Waals surface area (Å²) in [5.74, 6) is 0.209. The van der Waals surface area contributed by atoms with Gasteiger partial charge in [-0.05, 0) is 32.6 Å². The topological polar surface area (TPSA) is 97.1 Å². The van der Waals surface area contributed by atoms with Gasteiger partial charge < -0.3 is 9.64 Å². The van der Waals surface area contributed by atoms with Gasteiger partial charge in [-0.3, -0.25) is 14.6 Å². The Hall–Kier alpha value is -2.64. The Labute approximate surface area is 146 Å². The van der Waals surface area contributed by atoms with E-state index in [1.807, 2.05) is 13.8 Å². The molecule has 1 atom stereocenters. The Morgan fingerprint density at radius 1 is 1.24 bits per heavy atom. The first-order chi connectivity index (χ1) is 12.1. The van der Waals surface area contributed by atoms with Crippen molar-refractivity contribution in [3.8, 4) is 5.88 Å². The zero-order chi connectivity index (χ0) is 17.8. The number of piperidine rings is 1. The first-order valence-electron chi connectivity index (χ1n) is 8.35. The fourth-order valence-corrected chi connectivity index (χ4v) is 2.89. The van der Waals surface area contributed by atoms with Gasteiger partial charge in [0.2, 0.25) is 11.9 Å². The number of hydrogen-bond acceptors (Lipinski definition) is 6. The number of hydrogen-bond donors (Lipinski definition) is 0. The van der Waals surface area contributed by atoms with Crippen LogP contribution in [0.25, 0.3) is 0 Å². The van der Waals surface area contributed by atoms with Crippen molar-refractivity contribution < 1.29 is 14.3 Å². The maximum absolute atomic E-state index is 12.4. The molecule has 2 aliphatic rings. The zero-order valence-electron chi connectivity index (χ0n) is 14.4. The van der Waals surface area contributed by atoms with E-state index in [0.29, 0.717) is 31.5 Å². The number of rotatable bonds is 4. The van der Waals surface area contributed by atoms with Crippen LogP contribution in [0.5, 0.6) is 5.88 Å². The maximum Gasteiger partial charge on any atom is 0.280 e. The van der Waals surface area contributed by atoms with E-state index in [-0.39, 0.29) is 5.91 Å². The number of nitrogens with zero attached hydrogens (tertiary/aromatic N) is 5. The van der Waals surface area contributed by atoms with Gasteiger partial charge in [0.15, 0.2) is 0 Å². The lowest BCUT2D eigenvalue weighted by molar-refractivity contribution is -0.138. The Balaban J connectivity index is 1.49. The molecule has 3 rings (SSSR count). The van der Waals surface area contributed by atoms with E-state index in [0.717, 1.165) is 24.1 Å². The third-order valence-corrected chi connectivity index (χ3v) is 4.64. The molecule has 0 N–H and O–H groups in total. The number of carbonyl (C=O) groups excluding carboxylic acids is 2. The molecule has 0 radical (unpaired) electrons. The van der Waals surface area contributed by atoms with E-state index in [9.17, 15) is 9.59 Å². The van der Waals surface area contributed by atoms with Gasteiger partial charge in [-0.1, -0.05) is 0 Å². The predicted molar refractivity (Wildman–Crippen MR) is 92.1 cm³/mol. The van der Waals surface area contributed by atoms with Gasteiger partial charge in [0, 0.05) is 36.8 Å². The number of aliphatic imine (C=N–C) groups is 2. The molecule has 132 valence electrons. The molecule has 1 fully saturated rings. The molecule has 1 saturated heterocycles. The lowest BCUT2D eigenvalue weighted by atomic mass is 9.97. The van der Waals surface area contributed by atoms with Crippen molar-refractivity contribution in [2.45, 2.75) is 32.7 Å². The quantitative estimate of drug-likeness (QED) is 0.752. The third-order valence-electron chi connectivity index (χ3n) is 4.64. The van der Waals surface area contributed by atoms with Crippen molar-refractivity contribution in [2.75, 3.05) is 19.7 Å². The van der Waals surface area contributed by atoms with Crippen molar-refractivity contribution in [3.05, 3.63) is 17.6 Å². The summed E-state index contributed by atoms with van der Waals surface area (Å²) >= 11 is 0. The number of ether oxygens (including phenoxy) is 1. The Morgan fingerprint density at radius 3 is 2.72 bits per heavy atom. The van der Waals surface area contributed by atoms with E-state index in [1.165, 1.54) is 18.8 Å². The first kappa shape index (κ1) is 17.2. The molecule has 1 unspecified atom stereocenters. The molecule has 0 aliphatic carbocycles. The molecule has 1 aromatic rings. The van der Waals surface area contributed by atoms with Crippen LogP contribution in [0.15, 0.2) is 16.3 Å². The van der Waals surface area contributed by atoms with Crippen LogP contribution in [0.3, 0.4) is 0 Å². The van der Waals surface area contributed by atoms with E-state index in [1.54, 1.807) is 4.90 Å². The molecular weight excluding hydrogens is 322 g/mol. The molecule has 2 aliphatic heterocycles. The van der Waals surface area contributed by atoms with Crippen LogP contribution in [0, 0.1) is 19.8 Å². The lowest BCUT2D eigenvalue weighted by Crippen LogP contribution is -2.46. The maximum atomic E-state index is 12.4. The summed E-state index contributed by atoms with van der Waals surface area (Å²) in [6, 6.07) is -1.01. The minimum Gasteiger partial charge on any atom is -0.477 e. The summed E-state index contributed by atoms with van der Waals surface area (Å²) in [5, 5.41) is 0. The molecule has 3 heterocycles. The number of aromatic nitrogens is 2. The van der Waals surface area contributed by atoms with Crippen LogP contribution in [-0.2, 0) is 9.59 Å². The summed E-state index contributed by atoms with van der Waals surface area (Å²) in [7, 11) is 0. The Bertz CT molecular complexity index is 723. The molecule has 0 aromatic carbocycles. The van der Waals surface area contributed by atoms with Crippen molar-refractivity contribution >= 4 is 24.2 Å². The average molecular weight is 343 g/mol. The van der Waals surface area contributed by atoms with Crippen molar-refractivity contribution in [1.82, 2.24) is 14.9 Å². The largest absolute Gasteiger partial charge is 0.477 e. The first-order valence-corrected chi connectivity index (χ1v) is 8.35. The number of aryl methyl sites for hydroxylation is 1. The summed E-state index contributed by atoms with van der Waals surface area (Å²) in [4.78, 5) is 41.6. The molecular formula is C17H21N5O3. The minimum atomic E-state index is -1.01. The van der Waals surface area contributed by atoms with E-state index in [4.69, 9.17) is 4.74 Å². The SMILES string of the molecule is Cc1ncnc(OCC2CCN(C(=O)C3N=CC=NC3=O)CC2)c1C. The Morgan fingerprint density at radius 2 is 2.00 bits per heavy atom. The molecule has 8 heteroatoms. The number of carbonyl (C=O) groups is 2. The Kier molecular flexibility index (Phi) is 5.16. The van der Waals surface area contributed by atoms with Gasteiger partial charge in [0.05, 0.1) is 6.61 Å². The van der Waals surface area contributed by atoms with Crippen LogP contribution >= 0.6 is 0 Å². The van der Waals surface area contributed by atoms with E-state index < -0.39 is 11.9 Å². The molecule has 0 bridgehead atoms. The van der Waals surface area contributed by atoms with Crippen LogP contribution in [0.4, 0.5) is 0 Å². The van der Waals surface area contributed by atoms with Crippen LogP contribution in [0.2, 0.25) is 0 Å². The molecule has 25 heavy (non-hydrogen) atoms. The highest BCUT2D eigenvalue weighted by Crippen LogP contribution is 2.22. The van der Waals surface area contributed by atoms with Gasteiger partial charge in [-0.25, -0.2) is 15.0 Å². The fourth-order valence-electron chi connectivity index (χ4n) is 2.89. The van der Waals surface area contributed by atoms with Crippen molar-refractivity contribution in [2.24, 2.45) is 15.9 Å². The van der Waals surface area contributed by atoms with Crippen molar-refractivity contribution in [3.63, 3.8) is 0 Å².